The summed E-state index contributed by atoms with van der Waals surface area (Å²) in [5.74, 6) is -0.190. The summed E-state index contributed by atoms with van der Waals surface area (Å²) in [5, 5.41) is 10.6. The maximum absolute atomic E-state index is 13.7. The van der Waals surface area contributed by atoms with Crippen LogP contribution in [-0.4, -0.2) is 32.2 Å². The highest BCUT2D eigenvalue weighted by Crippen LogP contribution is 2.26. The first-order chi connectivity index (χ1) is 18.8. The molecular weight excluding hydrogens is 492 g/mol. The van der Waals surface area contributed by atoms with Crippen molar-refractivity contribution < 1.29 is 4.79 Å². The van der Waals surface area contributed by atoms with Gasteiger partial charge in [-0.15, -0.1) is 0 Å². The van der Waals surface area contributed by atoms with Gasteiger partial charge in [-0.1, -0.05) is 72.3 Å². The van der Waals surface area contributed by atoms with Crippen molar-refractivity contribution in [2.45, 2.75) is 51.2 Å². The van der Waals surface area contributed by atoms with Gasteiger partial charge in [-0.2, -0.15) is 0 Å². The van der Waals surface area contributed by atoms with Crippen LogP contribution in [0.4, 0.5) is 0 Å². The largest absolute Gasteiger partial charge is 0.384 e. The van der Waals surface area contributed by atoms with Gasteiger partial charge in [0.1, 0.15) is 5.84 Å². The average Bonchev–Trinajstić information content (AvgIpc) is 3.19. The van der Waals surface area contributed by atoms with Crippen LogP contribution in [0.1, 0.15) is 49.3 Å². The highest BCUT2D eigenvalue weighted by Gasteiger charge is 2.31. The number of nitrogens with two attached hydrogens (primary N) is 1. The Balaban J connectivity index is 1.41. The molecule has 2 atom stereocenters. The van der Waals surface area contributed by atoms with Gasteiger partial charge in [0.15, 0.2) is 6.04 Å². The normalized spacial score (nSPS) is 18.7. The fourth-order valence-electron chi connectivity index (χ4n) is 5.55. The summed E-state index contributed by atoms with van der Waals surface area (Å²) in [7, 11) is 0. The Labute approximate surface area is 226 Å². The van der Waals surface area contributed by atoms with Crippen LogP contribution in [0.25, 0.3) is 0 Å². The number of aromatic nitrogens is 3. The second kappa shape index (κ2) is 11.1. The summed E-state index contributed by atoms with van der Waals surface area (Å²) in [6.45, 7) is 2.74. The van der Waals surface area contributed by atoms with E-state index in [1.807, 2.05) is 73.7 Å². The van der Waals surface area contributed by atoms with Crippen LogP contribution in [0, 0.1) is 11.3 Å². The molecule has 2 heterocycles. The predicted molar refractivity (Wildman–Crippen MR) is 151 cm³/mol. The molecule has 1 amide bonds. The SMILES string of the molecule is CC1=C[C@@H](C(=O)NC[C@@H]2CC=C(C(=N)N)CC2)n2c(=O)n(CC(c3ccccc3)c3ccccc3)c(=O)n2C1. The Hall–Kier alpha value is -4.40. The quantitative estimate of drug-likeness (QED) is 0.237. The lowest BCUT2D eigenvalue weighted by Crippen LogP contribution is -2.43. The number of allylic oxidation sites excluding steroid dienone is 2. The fraction of sp³-hybridized carbons (Fsp3) is 0.333. The van der Waals surface area contributed by atoms with Gasteiger partial charge < -0.3 is 11.1 Å². The van der Waals surface area contributed by atoms with Crippen molar-refractivity contribution >= 4 is 11.7 Å². The van der Waals surface area contributed by atoms with Crippen molar-refractivity contribution in [3.63, 3.8) is 0 Å². The van der Waals surface area contributed by atoms with E-state index in [4.69, 9.17) is 11.1 Å². The highest BCUT2D eigenvalue weighted by atomic mass is 16.2. The number of carbonyl (C=O) groups is 1. The van der Waals surface area contributed by atoms with Crippen molar-refractivity contribution in [1.29, 1.82) is 5.41 Å². The van der Waals surface area contributed by atoms with Crippen molar-refractivity contribution in [2.24, 2.45) is 11.7 Å². The third-order valence-corrected chi connectivity index (χ3v) is 7.71. The maximum Gasteiger partial charge on any atom is 0.348 e. The third kappa shape index (κ3) is 5.43. The van der Waals surface area contributed by atoms with E-state index in [9.17, 15) is 14.4 Å². The van der Waals surface area contributed by atoms with Gasteiger partial charge in [0.2, 0.25) is 5.91 Å². The Kier molecular flexibility index (Phi) is 7.49. The van der Waals surface area contributed by atoms with Gasteiger partial charge >= 0.3 is 11.4 Å². The van der Waals surface area contributed by atoms with E-state index in [0.717, 1.165) is 35.1 Å². The second-order valence-electron chi connectivity index (χ2n) is 10.4. The lowest BCUT2D eigenvalue weighted by molar-refractivity contribution is -0.124. The number of benzene rings is 2. The second-order valence-corrected chi connectivity index (χ2v) is 10.4. The first-order valence-corrected chi connectivity index (χ1v) is 13.3. The first-order valence-electron chi connectivity index (χ1n) is 13.3. The van der Waals surface area contributed by atoms with Crippen molar-refractivity contribution in [3.05, 3.63) is 116 Å². The minimum atomic E-state index is -0.904. The molecule has 4 N–H and O–H groups in total. The van der Waals surface area contributed by atoms with Gasteiger partial charge in [0.05, 0.1) is 6.54 Å². The lowest BCUT2D eigenvalue weighted by atomic mass is 9.89. The number of hydrogen-bond donors (Lipinski definition) is 3. The minimum Gasteiger partial charge on any atom is -0.384 e. The molecule has 2 aromatic carbocycles. The lowest BCUT2D eigenvalue weighted by Gasteiger charge is -2.25. The molecule has 1 aliphatic carbocycles. The molecule has 2 aliphatic rings. The number of amides is 1. The molecule has 0 spiro atoms. The van der Waals surface area contributed by atoms with Crippen LogP contribution in [0.5, 0.6) is 0 Å². The number of rotatable bonds is 8. The molecule has 39 heavy (non-hydrogen) atoms. The van der Waals surface area contributed by atoms with Gasteiger partial charge in [0, 0.05) is 19.0 Å². The number of carbonyl (C=O) groups excluding carboxylic acids is 1. The Morgan fingerprint density at radius 3 is 2.26 bits per heavy atom. The molecule has 0 saturated carbocycles. The van der Waals surface area contributed by atoms with Gasteiger partial charge in [0.25, 0.3) is 0 Å². The van der Waals surface area contributed by atoms with E-state index in [2.05, 4.69) is 5.32 Å². The molecule has 1 aliphatic heterocycles. The van der Waals surface area contributed by atoms with E-state index in [1.165, 1.54) is 13.9 Å². The van der Waals surface area contributed by atoms with Crippen molar-refractivity contribution in [3.8, 4) is 0 Å². The molecule has 1 aromatic heterocycles. The molecule has 202 valence electrons. The molecule has 0 unspecified atom stereocenters. The topological polar surface area (TPSA) is 128 Å². The molecule has 9 heteroatoms. The summed E-state index contributed by atoms with van der Waals surface area (Å²) < 4.78 is 3.94. The summed E-state index contributed by atoms with van der Waals surface area (Å²) >= 11 is 0. The predicted octanol–water partition coefficient (Wildman–Crippen LogP) is 2.92. The van der Waals surface area contributed by atoms with Gasteiger partial charge in [-0.25, -0.2) is 23.5 Å². The van der Waals surface area contributed by atoms with Crippen LogP contribution in [0.3, 0.4) is 0 Å². The van der Waals surface area contributed by atoms with E-state index in [1.54, 1.807) is 6.08 Å². The highest BCUT2D eigenvalue weighted by molar-refractivity contribution is 5.94. The standard InChI is InChI=1S/C30H34N6O3/c1-20-16-26(28(37)33-17-21-12-14-24(15-13-21)27(31)32)36-30(39)34(29(38)35(36)18-20)19-25(22-8-4-2-5-9-22)23-10-6-3-7-11-23/h2-11,14,16,21,25-26H,12-13,15,17-19H2,1H3,(H3,31,32)(H,33,37)/t21-,26+/m1/s1. The number of fused-ring (bicyclic) bond motifs is 1. The van der Waals surface area contributed by atoms with Crippen molar-refractivity contribution in [2.75, 3.05) is 6.54 Å². The molecule has 3 aromatic rings. The van der Waals surface area contributed by atoms with Crippen LogP contribution < -0.4 is 22.4 Å². The number of amidine groups is 1. The fourth-order valence-corrected chi connectivity index (χ4v) is 5.55. The van der Waals surface area contributed by atoms with Crippen LogP contribution in [0.2, 0.25) is 0 Å². The molecule has 0 fully saturated rings. The number of hydrogen-bond acceptors (Lipinski definition) is 4. The molecule has 5 rings (SSSR count). The van der Waals surface area contributed by atoms with Gasteiger partial charge in [-0.3, -0.25) is 10.2 Å². The van der Waals surface area contributed by atoms with Gasteiger partial charge in [-0.05, 0) is 54.9 Å². The molecule has 0 radical (unpaired) electrons. The monoisotopic (exact) mass is 526 g/mol. The van der Waals surface area contributed by atoms with E-state index in [-0.39, 0.29) is 36.7 Å². The minimum absolute atomic E-state index is 0.101. The van der Waals surface area contributed by atoms with Crippen LogP contribution >= 0.6 is 0 Å². The summed E-state index contributed by atoms with van der Waals surface area (Å²) in [5.41, 5.74) is 8.38. The molecule has 0 bridgehead atoms. The van der Waals surface area contributed by atoms with E-state index >= 15 is 0 Å². The van der Waals surface area contributed by atoms with E-state index in [0.29, 0.717) is 13.0 Å². The Morgan fingerprint density at radius 1 is 1.05 bits per heavy atom. The average molecular weight is 527 g/mol. The van der Waals surface area contributed by atoms with E-state index < -0.39 is 17.4 Å². The number of nitrogens with zero attached hydrogens (tertiary/aromatic N) is 3. The molecular formula is C30H34N6O3. The smallest absolute Gasteiger partial charge is 0.348 e. The Bertz CT molecular complexity index is 1510. The summed E-state index contributed by atoms with van der Waals surface area (Å²) in [4.78, 5) is 40.6. The molecule has 9 nitrogen and oxygen atoms in total. The van der Waals surface area contributed by atoms with Crippen molar-refractivity contribution in [1.82, 2.24) is 19.2 Å². The third-order valence-electron chi connectivity index (χ3n) is 7.71. The zero-order valence-electron chi connectivity index (χ0n) is 22.0. The number of nitrogens with one attached hydrogen (secondary N) is 2. The van der Waals surface area contributed by atoms with Crippen LogP contribution in [0.15, 0.2) is 93.6 Å². The zero-order valence-corrected chi connectivity index (χ0v) is 22.0. The summed E-state index contributed by atoms with van der Waals surface area (Å²) in [6.07, 6.45) is 6.00. The van der Waals surface area contributed by atoms with Crippen LogP contribution in [-0.2, 0) is 17.9 Å². The maximum atomic E-state index is 13.7. The first kappa shape index (κ1) is 26.2. The molecule has 0 saturated heterocycles. The summed E-state index contributed by atoms with van der Waals surface area (Å²) in [6, 6.07) is 18.8. The zero-order chi connectivity index (χ0) is 27.5. The Morgan fingerprint density at radius 2 is 1.69 bits per heavy atom.